The van der Waals surface area contributed by atoms with Gasteiger partial charge in [0.15, 0.2) is 0 Å². The van der Waals surface area contributed by atoms with Gasteiger partial charge in [-0.2, -0.15) is 0 Å². The molecule has 1 heterocycles. The van der Waals surface area contributed by atoms with Gasteiger partial charge in [-0.05, 0) is 35.6 Å². The van der Waals surface area contributed by atoms with Gasteiger partial charge < -0.3 is 25.2 Å². The highest BCUT2D eigenvalue weighted by atomic mass is 16.5. The molecule has 168 valence electrons. The van der Waals surface area contributed by atoms with Crippen LogP contribution in [0.4, 0.5) is 4.79 Å². The van der Waals surface area contributed by atoms with E-state index < -0.39 is 30.4 Å². The van der Waals surface area contributed by atoms with Crippen molar-refractivity contribution in [3.05, 3.63) is 59.7 Å². The minimum absolute atomic E-state index is 0.0781. The van der Waals surface area contributed by atoms with Crippen LogP contribution in [0.1, 0.15) is 36.8 Å². The van der Waals surface area contributed by atoms with Gasteiger partial charge in [0.25, 0.3) is 0 Å². The minimum Gasteiger partial charge on any atom is -0.481 e. The highest BCUT2D eigenvalue weighted by molar-refractivity contribution is 5.89. The number of hydrogen-bond donors (Lipinski definition) is 3. The summed E-state index contributed by atoms with van der Waals surface area (Å²) in [5.74, 6) is -1.89. The number of carboxylic acids is 1. The molecule has 3 unspecified atom stereocenters. The van der Waals surface area contributed by atoms with Gasteiger partial charge in [-0.3, -0.25) is 9.59 Å². The Morgan fingerprint density at radius 2 is 1.72 bits per heavy atom. The van der Waals surface area contributed by atoms with Gasteiger partial charge in [-0.25, -0.2) is 4.79 Å². The van der Waals surface area contributed by atoms with Crippen molar-refractivity contribution in [3.63, 3.8) is 0 Å². The van der Waals surface area contributed by atoms with Gasteiger partial charge in [0.1, 0.15) is 12.6 Å². The molecule has 1 saturated heterocycles. The number of fused-ring (bicyclic) bond motifs is 3. The van der Waals surface area contributed by atoms with Crippen LogP contribution in [0.15, 0.2) is 48.5 Å². The van der Waals surface area contributed by atoms with E-state index in [1.165, 1.54) is 0 Å². The molecule has 1 aliphatic carbocycles. The van der Waals surface area contributed by atoms with Crippen molar-refractivity contribution >= 4 is 18.0 Å². The molecule has 32 heavy (non-hydrogen) atoms. The lowest BCUT2D eigenvalue weighted by Crippen LogP contribution is -2.52. The maximum atomic E-state index is 12.6. The molecule has 2 aromatic carbocycles. The topological polar surface area (TPSA) is 114 Å². The molecule has 0 aromatic heterocycles. The van der Waals surface area contributed by atoms with E-state index in [1.54, 1.807) is 0 Å². The molecule has 1 aliphatic heterocycles. The maximum absolute atomic E-state index is 12.6. The van der Waals surface area contributed by atoms with Crippen molar-refractivity contribution in [2.75, 3.05) is 13.2 Å². The number of alkyl carbamates (subject to hydrolysis) is 1. The highest BCUT2D eigenvalue weighted by Gasteiger charge is 2.32. The molecular formula is C24H26N2O6. The van der Waals surface area contributed by atoms with Gasteiger partial charge in [-0.1, -0.05) is 48.5 Å². The number of aliphatic carboxylic acids is 1. The third kappa shape index (κ3) is 4.60. The fourth-order valence-electron chi connectivity index (χ4n) is 4.37. The van der Waals surface area contributed by atoms with E-state index in [-0.39, 0.29) is 24.7 Å². The quantitative estimate of drug-likeness (QED) is 0.612. The van der Waals surface area contributed by atoms with Crippen molar-refractivity contribution in [1.29, 1.82) is 0 Å². The molecule has 4 rings (SSSR count). The number of carbonyl (C=O) groups excluding carboxylic acids is 2. The van der Waals surface area contributed by atoms with E-state index in [0.29, 0.717) is 13.0 Å². The van der Waals surface area contributed by atoms with E-state index >= 15 is 0 Å². The summed E-state index contributed by atoms with van der Waals surface area (Å²) in [6.07, 6.45) is -0.904. The van der Waals surface area contributed by atoms with Crippen molar-refractivity contribution in [1.82, 2.24) is 10.6 Å². The van der Waals surface area contributed by atoms with Gasteiger partial charge in [0.05, 0.1) is 18.6 Å². The largest absolute Gasteiger partial charge is 0.481 e. The normalized spacial score (nSPS) is 20.2. The summed E-state index contributed by atoms with van der Waals surface area (Å²) in [5.41, 5.74) is 4.34. The number of carbonyl (C=O) groups is 3. The zero-order valence-electron chi connectivity index (χ0n) is 17.7. The van der Waals surface area contributed by atoms with Crippen LogP contribution in [0.5, 0.6) is 0 Å². The molecule has 8 heteroatoms. The first-order chi connectivity index (χ1) is 15.4. The lowest BCUT2D eigenvalue weighted by molar-refractivity contribution is -0.140. The smallest absolute Gasteiger partial charge is 0.407 e. The number of benzene rings is 2. The fourth-order valence-corrected chi connectivity index (χ4v) is 4.37. The van der Waals surface area contributed by atoms with Crippen LogP contribution in [-0.2, 0) is 19.1 Å². The first-order valence-corrected chi connectivity index (χ1v) is 10.7. The van der Waals surface area contributed by atoms with Crippen LogP contribution in [0.3, 0.4) is 0 Å². The summed E-state index contributed by atoms with van der Waals surface area (Å²) in [6, 6.07) is 14.5. The molecule has 0 spiro atoms. The first kappa shape index (κ1) is 21.8. The number of amides is 2. The van der Waals surface area contributed by atoms with Crippen LogP contribution in [0.2, 0.25) is 0 Å². The number of ether oxygens (including phenoxy) is 2. The van der Waals surface area contributed by atoms with Crippen LogP contribution in [0, 0.1) is 0 Å². The number of carboxylic acid groups (broad SMARTS) is 1. The predicted octanol–water partition coefficient (Wildman–Crippen LogP) is 2.66. The molecular weight excluding hydrogens is 412 g/mol. The molecule has 0 bridgehead atoms. The first-order valence-electron chi connectivity index (χ1n) is 10.7. The lowest BCUT2D eigenvalue weighted by Gasteiger charge is -2.22. The van der Waals surface area contributed by atoms with E-state index in [4.69, 9.17) is 9.47 Å². The van der Waals surface area contributed by atoms with Gasteiger partial charge in [-0.15, -0.1) is 0 Å². The van der Waals surface area contributed by atoms with Crippen LogP contribution < -0.4 is 10.6 Å². The molecule has 8 nitrogen and oxygen atoms in total. The molecule has 0 saturated carbocycles. The Bertz CT molecular complexity index is 978. The number of rotatable bonds is 7. The molecule has 2 aromatic rings. The average Bonchev–Trinajstić information content (AvgIpc) is 3.32. The fraction of sp³-hybridized carbons (Fsp3) is 0.375. The molecule has 2 aliphatic rings. The third-order valence-electron chi connectivity index (χ3n) is 6.03. The summed E-state index contributed by atoms with van der Waals surface area (Å²) in [6.45, 7) is 2.44. The van der Waals surface area contributed by atoms with Crippen molar-refractivity contribution < 1.29 is 29.0 Å². The minimum atomic E-state index is -1.24. The summed E-state index contributed by atoms with van der Waals surface area (Å²) in [4.78, 5) is 36.3. The highest BCUT2D eigenvalue weighted by Crippen LogP contribution is 2.44. The second-order valence-corrected chi connectivity index (χ2v) is 8.10. The van der Waals surface area contributed by atoms with Crippen molar-refractivity contribution in [3.8, 4) is 11.1 Å². The van der Waals surface area contributed by atoms with Gasteiger partial charge >= 0.3 is 12.1 Å². The summed E-state index contributed by atoms with van der Waals surface area (Å²) in [7, 11) is 0. The zero-order valence-corrected chi connectivity index (χ0v) is 17.7. The summed E-state index contributed by atoms with van der Waals surface area (Å²) in [5, 5.41) is 14.4. The molecule has 3 N–H and O–H groups in total. The van der Waals surface area contributed by atoms with Gasteiger partial charge in [0.2, 0.25) is 5.91 Å². The number of nitrogens with one attached hydrogen (secondary N) is 2. The van der Waals surface area contributed by atoms with E-state index in [1.807, 2.05) is 55.5 Å². The Kier molecular flexibility index (Phi) is 6.41. The van der Waals surface area contributed by atoms with Gasteiger partial charge in [0, 0.05) is 12.5 Å². The summed E-state index contributed by atoms with van der Waals surface area (Å²) < 4.78 is 10.9. The van der Waals surface area contributed by atoms with Crippen molar-refractivity contribution in [2.24, 2.45) is 0 Å². The zero-order chi connectivity index (χ0) is 22.7. The average molecular weight is 438 g/mol. The second kappa shape index (κ2) is 9.40. The number of hydrogen-bond acceptors (Lipinski definition) is 5. The monoisotopic (exact) mass is 438 g/mol. The molecule has 1 fully saturated rings. The Labute approximate surface area is 185 Å². The SMILES string of the molecule is CC1OCCC1NC(=O)C(CC(=O)O)NC(=O)OCC1c2ccccc2-c2ccccc21. The second-order valence-electron chi connectivity index (χ2n) is 8.10. The third-order valence-corrected chi connectivity index (χ3v) is 6.03. The van der Waals surface area contributed by atoms with E-state index in [0.717, 1.165) is 22.3 Å². The van der Waals surface area contributed by atoms with E-state index in [2.05, 4.69) is 10.6 Å². The standard InChI is InChI=1S/C24H26N2O6/c1-14-20(10-11-31-14)25-23(29)21(12-22(27)28)26-24(30)32-13-19-17-8-4-2-6-15(17)16-7-3-5-9-18(16)19/h2-9,14,19-21H,10-13H2,1H3,(H,25,29)(H,26,30)(H,27,28). The predicted molar refractivity (Wildman–Crippen MR) is 116 cm³/mol. The molecule has 2 amide bonds. The molecule has 3 atom stereocenters. The molecule has 0 radical (unpaired) electrons. The van der Waals surface area contributed by atoms with Crippen LogP contribution in [-0.4, -0.2) is 54.5 Å². The van der Waals surface area contributed by atoms with Crippen LogP contribution in [0.25, 0.3) is 11.1 Å². The Morgan fingerprint density at radius 1 is 1.09 bits per heavy atom. The lowest BCUT2D eigenvalue weighted by atomic mass is 9.98. The maximum Gasteiger partial charge on any atom is 0.407 e. The van der Waals surface area contributed by atoms with Crippen LogP contribution >= 0.6 is 0 Å². The van der Waals surface area contributed by atoms with Crippen molar-refractivity contribution in [2.45, 2.75) is 43.9 Å². The summed E-state index contributed by atoms with van der Waals surface area (Å²) >= 11 is 0. The Morgan fingerprint density at radius 3 is 2.28 bits per heavy atom. The van der Waals surface area contributed by atoms with E-state index in [9.17, 15) is 19.5 Å². The Hall–Kier alpha value is -3.39. The Balaban J connectivity index is 1.40.